The van der Waals surface area contributed by atoms with Crippen LogP contribution < -0.4 is 5.32 Å². The summed E-state index contributed by atoms with van der Waals surface area (Å²) in [6.45, 7) is 3.05. The minimum atomic E-state index is -0.684. The number of aliphatic hydroxyl groups excluding tert-OH is 2. The van der Waals surface area contributed by atoms with Crippen molar-refractivity contribution < 1.29 is 34.1 Å². The molecule has 1 amide bonds. The molecule has 0 atom stereocenters. The van der Waals surface area contributed by atoms with Crippen LogP contribution in [-0.2, 0) is 19.0 Å². The van der Waals surface area contributed by atoms with Gasteiger partial charge in [0.1, 0.15) is 6.61 Å². The number of ether oxygens (including phenoxy) is 3. The lowest BCUT2D eigenvalue weighted by Gasteiger charge is -2.06. The fourth-order valence-electron chi connectivity index (χ4n) is 1.48. The number of carbonyl (C=O) groups is 1. The third kappa shape index (κ3) is 12.9. The van der Waals surface area contributed by atoms with E-state index in [0.717, 1.165) is 6.08 Å². The molecule has 0 aliphatic rings. The van der Waals surface area contributed by atoms with E-state index in [1.807, 2.05) is 0 Å². The van der Waals surface area contributed by atoms with Crippen LogP contribution >= 0.6 is 0 Å². The second-order valence-corrected chi connectivity index (χ2v) is 5.01. The molecule has 0 saturated heterocycles. The summed E-state index contributed by atoms with van der Waals surface area (Å²) in [6, 6.07) is 0. The number of methoxy groups -OCH3 is 1. The van der Waals surface area contributed by atoms with Crippen LogP contribution in [0.3, 0.4) is 0 Å². The van der Waals surface area contributed by atoms with Gasteiger partial charge in [-0.15, -0.1) is 0 Å². The van der Waals surface area contributed by atoms with E-state index in [2.05, 4.69) is 5.32 Å². The quantitative estimate of drug-likeness (QED) is 0.136. The first-order chi connectivity index (χ1) is 12.4. The zero-order chi connectivity index (χ0) is 19.8. The smallest absolute Gasteiger partial charge is 0.247 e. The average Bonchev–Trinajstić information content (AvgIpc) is 2.60. The SMILES string of the molecule is COCCOCCOCC(=O)NCC/C=C/C(O)=C(O)\C=C(/C)[N+](=O)[O-]. The molecule has 0 aromatic heterocycles. The van der Waals surface area contributed by atoms with Gasteiger partial charge in [0.15, 0.2) is 11.5 Å². The molecule has 10 nitrogen and oxygen atoms in total. The lowest BCUT2D eigenvalue weighted by atomic mass is 10.3. The van der Waals surface area contributed by atoms with E-state index in [9.17, 15) is 25.1 Å². The van der Waals surface area contributed by atoms with Gasteiger partial charge in [-0.05, 0) is 12.5 Å². The largest absolute Gasteiger partial charge is 0.504 e. The summed E-state index contributed by atoms with van der Waals surface area (Å²) in [5.41, 5.74) is -0.307. The fourth-order valence-corrected chi connectivity index (χ4v) is 1.48. The Morgan fingerprint density at radius 1 is 1.15 bits per heavy atom. The number of amides is 1. The van der Waals surface area contributed by atoms with Gasteiger partial charge in [-0.25, -0.2) is 0 Å². The van der Waals surface area contributed by atoms with Crippen molar-refractivity contribution in [2.45, 2.75) is 13.3 Å². The molecule has 0 aliphatic carbocycles. The molecule has 0 fully saturated rings. The second-order valence-electron chi connectivity index (χ2n) is 5.01. The Morgan fingerprint density at radius 2 is 1.81 bits per heavy atom. The Morgan fingerprint density at radius 3 is 2.46 bits per heavy atom. The zero-order valence-corrected chi connectivity index (χ0v) is 15.0. The Balaban J connectivity index is 3.90. The summed E-state index contributed by atoms with van der Waals surface area (Å²) in [5, 5.41) is 32.0. The molecular formula is C16H26N2O8. The number of allylic oxidation sites excluding steroid dienone is 3. The van der Waals surface area contributed by atoms with Crippen LogP contribution in [0.1, 0.15) is 13.3 Å². The number of carbonyl (C=O) groups excluding carboxylic acids is 1. The normalized spacial score (nSPS) is 12.9. The molecule has 0 radical (unpaired) electrons. The molecule has 0 rings (SSSR count). The highest BCUT2D eigenvalue weighted by molar-refractivity contribution is 5.77. The topological polar surface area (TPSA) is 140 Å². The van der Waals surface area contributed by atoms with Gasteiger partial charge in [0.25, 0.3) is 0 Å². The highest BCUT2D eigenvalue weighted by Crippen LogP contribution is 2.05. The van der Waals surface area contributed by atoms with Crippen molar-refractivity contribution in [3.8, 4) is 0 Å². The predicted octanol–water partition coefficient (Wildman–Crippen LogP) is 1.24. The molecule has 3 N–H and O–H groups in total. The number of nitrogens with zero attached hydrogens (tertiary/aromatic N) is 1. The lowest BCUT2D eigenvalue weighted by molar-refractivity contribution is -0.424. The molecular weight excluding hydrogens is 348 g/mol. The van der Waals surface area contributed by atoms with Crippen LogP contribution in [0.4, 0.5) is 0 Å². The molecule has 26 heavy (non-hydrogen) atoms. The maximum absolute atomic E-state index is 11.5. The van der Waals surface area contributed by atoms with E-state index < -0.39 is 16.4 Å². The van der Waals surface area contributed by atoms with Crippen molar-refractivity contribution in [3.05, 3.63) is 45.6 Å². The van der Waals surface area contributed by atoms with Crippen LogP contribution in [0.15, 0.2) is 35.4 Å². The van der Waals surface area contributed by atoms with Gasteiger partial charge in [0.05, 0.1) is 37.4 Å². The molecule has 0 saturated carbocycles. The maximum atomic E-state index is 11.5. The number of rotatable bonds is 14. The predicted molar refractivity (Wildman–Crippen MR) is 93.3 cm³/mol. The molecule has 0 aliphatic heterocycles. The van der Waals surface area contributed by atoms with Gasteiger partial charge >= 0.3 is 0 Å². The van der Waals surface area contributed by atoms with Gasteiger partial charge in [-0.2, -0.15) is 0 Å². The molecule has 148 valence electrons. The molecule has 0 bridgehead atoms. The molecule has 0 unspecified atom stereocenters. The van der Waals surface area contributed by atoms with Crippen LogP contribution in [-0.4, -0.2) is 67.7 Å². The maximum Gasteiger partial charge on any atom is 0.247 e. The minimum absolute atomic E-state index is 0.0890. The monoisotopic (exact) mass is 374 g/mol. The number of nitrogens with one attached hydrogen (secondary N) is 1. The fraction of sp³-hybridized carbons (Fsp3) is 0.562. The molecule has 0 aromatic rings. The second kappa shape index (κ2) is 14.9. The van der Waals surface area contributed by atoms with Crippen molar-refractivity contribution in [1.82, 2.24) is 5.32 Å². The van der Waals surface area contributed by atoms with Crippen LogP contribution in [0.2, 0.25) is 0 Å². The first kappa shape index (κ1) is 23.6. The third-order valence-corrected chi connectivity index (χ3v) is 2.84. The summed E-state index contributed by atoms with van der Waals surface area (Å²) < 4.78 is 15.1. The highest BCUT2D eigenvalue weighted by Gasteiger charge is 2.05. The Kier molecular flexibility index (Phi) is 13.5. The summed E-state index contributed by atoms with van der Waals surface area (Å²) >= 11 is 0. The Hall–Kier alpha value is -2.43. The summed E-state index contributed by atoms with van der Waals surface area (Å²) in [6.07, 6.45) is 3.93. The third-order valence-electron chi connectivity index (χ3n) is 2.84. The standard InChI is InChI=1S/C16H26N2O8/c1-13(18(22)23)11-15(20)14(19)5-3-4-6-17-16(21)12-26-10-9-25-8-7-24-2/h3,5,11,19-20H,4,6-10,12H2,1-2H3,(H,17,21)/b5-3+,13-11+,15-14-. The van der Waals surface area contributed by atoms with E-state index in [1.54, 1.807) is 7.11 Å². The van der Waals surface area contributed by atoms with Gasteiger partial charge in [0, 0.05) is 20.6 Å². The van der Waals surface area contributed by atoms with E-state index in [-0.39, 0.29) is 18.2 Å². The van der Waals surface area contributed by atoms with Crippen molar-refractivity contribution >= 4 is 5.91 Å². The molecule has 0 heterocycles. The summed E-state index contributed by atoms with van der Waals surface area (Å²) in [4.78, 5) is 21.2. The van der Waals surface area contributed by atoms with Crippen molar-refractivity contribution in [3.63, 3.8) is 0 Å². The van der Waals surface area contributed by atoms with Crippen LogP contribution in [0, 0.1) is 10.1 Å². The van der Waals surface area contributed by atoms with E-state index in [0.29, 0.717) is 39.4 Å². The molecule has 0 aromatic carbocycles. The van der Waals surface area contributed by atoms with Crippen molar-refractivity contribution in [2.75, 3.05) is 46.7 Å². The van der Waals surface area contributed by atoms with Crippen LogP contribution in [0.25, 0.3) is 0 Å². The zero-order valence-electron chi connectivity index (χ0n) is 15.0. The summed E-state index contributed by atoms with van der Waals surface area (Å²) in [7, 11) is 1.58. The van der Waals surface area contributed by atoms with E-state index in [1.165, 1.54) is 19.1 Å². The van der Waals surface area contributed by atoms with E-state index in [4.69, 9.17) is 14.2 Å². The van der Waals surface area contributed by atoms with Gasteiger partial charge in [-0.1, -0.05) is 6.08 Å². The van der Waals surface area contributed by atoms with Crippen molar-refractivity contribution in [1.29, 1.82) is 0 Å². The first-order valence-corrected chi connectivity index (χ1v) is 7.91. The van der Waals surface area contributed by atoms with Gasteiger partial charge in [0.2, 0.25) is 11.6 Å². The van der Waals surface area contributed by atoms with Gasteiger partial charge < -0.3 is 29.7 Å². The lowest BCUT2D eigenvalue weighted by Crippen LogP contribution is -2.28. The summed E-state index contributed by atoms with van der Waals surface area (Å²) in [5.74, 6) is -1.41. The van der Waals surface area contributed by atoms with Crippen LogP contribution in [0.5, 0.6) is 0 Å². The Bertz CT molecular complexity index is 528. The average molecular weight is 374 g/mol. The highest BCUT2D eigenvalue weighted by atomic mass is 16.6. The molecule has 0 spiro atoms. The number of aliphatic hydroxyl groups is 2. The number of nitro groups is 1. The molecule has 10 heteroatoms. The Labute approximate surface area is 151 Å². The van der Waals surface area contributed by atoms with Gasteiger partial charge in [-0.3, -0.25) is 14.9 Å². The van der Waals surface area contributed by atoms with E-state index >= 15 is 0 Å². The van der Waals surface area contributed by atoms with Crippen molar-refractivity contribution in [2.24, 2.45) is 0 Å². The first-order valence-electron chi connectivity index (χ1n) is 7.91. The number of hydrogen-bond acceptors (Lipinski definition) is 8. The minimum Gasteiger partial charge on any atom is -0.504 e. The number of hydrogen-bond donors (Lipinski definition) is 3.